The third kappa shape index (κ3) is 6.12. The van der Waals surface area contributed by atoms with E-state index >= 15 is 0 Å². The standard InChI is InChI=1S/C27H43NO3/c1-4-7-8-14-21(29)16-17-22-24(30)19-25-26(22)23-15-11-13-20(27(23)31-25)12-9-10-18-28(5-2)6-3/h11,13,15-17,21-22,24-26,29-30H,4-10,12,14,18-19H2,1-3H3/b17-16+/t21-,22-,24+,25-,26-/m0/s1. The van der Waals surface area contributed by atoms with Gasteiger partial charge in [-0.1, -0.05) is 70.4 Å². The summed E-state index contributed by atoms with van der Waals surface area (Å²) in [6.07, 6.45) is 11.4. The Morgan fingerprint density at radius 2 is 1.94 bits per heavy atom. The van der Waals surface area contributed by atoms with E-state index in [1.165, 1.54) is 24.0 Å². The molecule has 2 N–H and O–H groups in total. The summed E-state index contributed by atoms with van der Waals surface area (Å²) in [5, 5.41) is 21.0. The van der Waals surface area contributed by atoms with Crippen molar-refractivity contribution in [1.82, 2.24) is 4.90 Å². The van der Waals surface area contributed by atoms with Crippen molar-refractivity contribution in [2.75, 3.05) is 19.6 Å². The molecule has 0 unspecified atom stereocenters. The Morgan fingerprint density at radius 3 is 2.68 bits per heavy atom. The number of aliphatic hydroxyl groups excluding tert-OH is 2. The first-order valence-electron chi connectivity index (χ1n) is 12.6. The van der Waals surface area contributed by atoms with Gasteiger partial charge in [0.1, 0.15) is 11.9 Å². The van der Waals surface area contributed by atoms with Crippen molar-refractivity contribution in [2.24, 2.45) is 5.92 Å². The zero-order chi connectivity index (χ0) is 22.2. The fourth-order valence-corrected chi connectivity index (χ4v) is 5.31. The average Bonchev–Trinajstić information content (AvgIpc) is 3.27. The van der Waals surface area contributed by atoms with Gasteiger partial charge in [0.25, 0.3) is 0 Å². The van der Waals surface area contributed by atoms with Gasteiger partial charge in [-0.25, -0.2) is 0 Å². The summed E-state index contributed by atoms with van der Waals surface area (Å²) in [7, 11) is 0. The van der Waals surface area contributed by atoms with Crippen LogP contribution in [0.3, 0.4) is 0 Å². The number of rotatable bonds is 13. The maximum atomic E-state index is 10.7. The molecule has 0 radical (unpaired) electrons. The van der Waals surface area contributed by atoms with Gasteiger partial charge in [-0.15, -0.1) is 0 Å². The number of benzene rings is 1. The number of unbranched alkanes of at least 4 members (excludes halogenated alkanes) is 3. The molecule has 174 valence electrons. The van der Waals surface area contributed by atoms with Crippen LogP contribution in [0.25, 0.3) is 0 Å². The number of hydrogen-bond acceptors (Lipinski definition) is 4. The molecule has 3 rings (SSSR count). The molecule has 1 heterocycles. The van der Waals surface area contributed by atoms with Crippen LogP contribution in [0.1, 0.15) is 82.8 Å². The lowest BCUT2D eigenvalue weighted by Gasteiger charge is -2.18. The minimum absolute atomic E-state index is 0.0185. The summed E-state index contributed by atoms with van der Waals surface area (Å²) in [6.45, 7) is 10.0. The van der Waals surface area contributed by atoms with Crippen molar-refractivity contribution in [3.05, 3.63) is 41.5 Å². The minimum atomic E-state index is -0.420. The topological polar surface area (TPSA) is 52.9 Å². The molecule has 4 nitrogen and oxygen atoms in total. The van der Waals surface area contributed by atoms with Gasteiger partial charge in [0, 0.05) is 23.8 Å². The molecule has 1 aliphatic carbocycles. The number of fused-ring (bicyclic) bond motifs is 3. The zero-order valence-electron chi connectivity index (χ0n) is 19.8. The molecule has 2 aliphatic rings. The van der Waals surface area contributed by atoms with Crippen molar-refractivity contribution >= 4 is 0 Å². The SMILES string of the molecule is CCCCC[C@H](O)/C=C/[C@@H]1[C@H]2c3cccc(CCCCN(CC)CC)c3O[C@H]2C[C@H]1O. The van der Waals surface area contributed by atoms with Crippen LogP contribution in [-0.2, 0) is 6.42 Å². The Morgan fingerprint density at radius 1 is 1.13 bits per heavy atom. The molecule has 1 saturated carbocycles. The molecule has 1 fully saturated rings. The third-order valence-electron chi connectivity index (χ3n) is 7.21. The number of para-hydroxylation sites is 1. The summed E-state index contributed by atoms with van der Waals surface area (Å²) in [5.74, 6) is 1.28. The Labute approximate surface area is 189 Å². The molecular weight excluding hydrogens is 386 g/mol. The number of aliphatic hydroxyl groups is 2. The molecule has 0 bridgehead atoms. The molecule has 1 aromatic carbocycles. The highest BCUT2D eigenvalue weighted by Gasteiger charge is 2.48. The van der Waals surface area contributed by atoms with Crippen LogP contribution in [0, 0.1) is 5.92 Å². The summed E-state index contributed by atoms with van der Waals surface area (Å²) >= 11 is 0. The summed E-state index contributed by atoms with van der Waals surface area (Å²) in [5.41, 5.74) is 2.56. The van der Waals surface area contributed by atoms with Gasteiger partial charge in [-0.3, -0.25) is 0 Å². The molecule has 4 heteroatoms. The van der Waals surface area contributed by atoms with Crippen LogP contribution < -0.4 is 4.74 Å². The van der Waals surface area contributed by atoms with E-state index < -0.39 is 12.2 Å². The van der Waals surface area contributed by atoms with Gasteiger partial charge < -0.3 is 19.8 Å². The average molecular weight is 430 g/mol. The molecule has 0 amide bonds. The van der Waals surface area contributed by atoms with E-state index in [0.29, 0.717) is 6.42 Å². The summed E-state index contributed by atoms with van der Waals surface area (Å²) in [4.78, 5) is 2.48. The molecule has 31 heavy (non-hydrogen) atoms. The van der Waals surface area contributed by atoms with Gasteiger partial charge >= 0.3 is 0 Å². The number of hydrogen-bond donors (Lipinski definition) is 2. The predicted octanol–water partition coefficient (Wildman–Crippen LogP) is 5.07. The fraction of sp³-hybridized carbons (Fsp3) is 0.704. The summed E-state index contributed by atoms with van der Waals surface area (Å²) in [6, 6.07) is 6.53. The van der Waals surface area contributed by atoms with Crippen LogP contribution >= 0.6 is 0 Å². The van der Waals surface area contributed by atoms with Crippen molar-refractivity contribution < 1.29 is 14.9 Å². The fourth-order valence-electron chi connectivity index (χ4n) is 5.31. The predicted molar refractivity (Wildman–Crippen MR) is 128 cm³/mol. The Balaban J connectivity index is 1.63. The second-order valence-corrected chi connectivity index (χ2v) is 9.33. The van der Waals surface area contributed by atoms with E-state index in [-0.39, 0.29) is 17.9 Å². The molecule has 1 aromatic rings. The van der Waals surface area contributed by atoms with Gasteiger partial charge in [-0.05, 0) is 50.9 Å². The number of aryl methyl sites for hydroxylation is 1. The second-order valence-electron chi connectivity index (χ2n) is 9.33. The highest BCUT2D eigenvalue weighted by atomic mass is 16.5. The Bertz CT molecular complexity index is 700. The smallest absolute Gasteiger partial charge is 0.126 e. The molecule has 0 aromatic heterocycles. The molecule has 0 spiro atoms. The lowest BCUT2D eigenvalue weighted by molar-refractivity contribution is 0.135. The van der Waals surface area contributed by atoms with Crippen LogP contribution in [0.2, 0.25) is 0 Å². The maximum Gasteiger partial charge on any atom is 0.126 e. The molecular formula is C27H43NO3. The lowest BCUT2D eigenvalue weighted by atomic mass is 9.86. The van der Waals surface area contributed by atoms with Crippen LogP contribution in [-0.4, -0.2) is 53.1 Å². The largest absolute Gasteiger partial charge is 0.489 e. The first-order chi connectivity index (χ1) is 15.1. The van der Waals surface area contributed by atoms with E-state index in [0.717, 1.165) is 57.5 Å². The van der Waals surface area contributed by atoms with E-state index in [1.54, 1.807) is 0 Å². The van der Waals surface area contributed by atoms with Crippen molar-refractivity contribution in [3.8, 4) is 5.75 Å². The minimum Gasteiger partial charge on any atom is -0.489 e. The third-order valence-corrected chi connectivity index (χ3v) is 7.21. The highest BCUT2D eigenvalue weighted by Crippen LogP contribution is 2.52. The first kappa shape index (κ1) is 24.3. The van der Waals surface area contributed by atoms with Gasteiger partial charge in [-0.2, -0.15) is 0 Å². The van der Waals surface area contributed by atoms with Gasteiger partial charge in [0.15, 0.2) is 0 Å². The van der Waals surface area contributed by atoms with Crippen LogP contribution in [0.15, 0.2) is 30.4 Å². The van der Waals surface area contributed by atoms with Gasteiger partial charge in [0.05, 0.1) is 12.2 Å². The monoisotopic (exact) mass is 429 g/mol. The Kier molecular flexibility index (Phi) is 9.43. The second kappa shape index (κ2) is 12.0. The first-order valence-corrected chi connectivity index (χ1v) is 12.6. The maximum absolute atomic E-state index is 10.7. The van der Waals surface area contributed by atoms with E-state index in [2.05, 4.69) is 49.9 Å². The van der Waals surface area contributed by atoms with E-state index in [9.17, 15) is 10.2 Å². The van der Waals surface area contributed by atoms with Gasteiger partial charge in [0.2, 0.25) is 0 Å². The quantitative estimate of drug-likeness (QED) is 0.339. The van der Waals surface area contributed by atoms with Crippen molar-refractivity contribution in [1.29, 1.82) is 0 Å². The number of ether oxygens (including phenoxy) is 1. The normalized spacial score (nSPS) is 25.7. The van der Waals surface area contributed by atoms with Crippen LogP contribution in [0.5, 0.6) is 5.75 Å². The summed E-state index contributed by atoms with van der Waals surface area (Å²) < 4.78 is 6.40. The number of nitrogens with zero attached hydrogens (tertiary/aromatic N) is 1. The van der Waals surface area contributed by atoms with E-state index in [1.807, 2.05) is 6.08 Å². The molecule has 1 aliphatic heterocycles. The molecule has 0 saturated heterocycles. The van der Waals surface area contributed by atoms with Crippen molar-refractivity contribution in [3.63, 3.8) is 0 Å². The lowest BCUT2D eigenvalue weighted by Crippen LogP contribution is -2.23. The van der Waals surface area contributed by atoms with Crippen molar-refractivity contribution in [2.45, 2.75) is 96.4 Å². The Hall–Kier alpha value is -1.36. The molecule has 5 atom stereocenters. The van der Waals surface area contributed by atoms with Crippen LogP contribution in [0.4, 0.5) is 0 Å². The van der Waals surface area contributed by atoms with E-state index in [4.69, 9.17) is 4.74 Å². The zero-order valence-corrected chi connectivity index (χ0v) is 19.8. The highest BCUT2D eigenvalue weighted by molar-refractivity contribution is 5.49.